The molecule has 0 aromatic heterocycles. The van der Waals surface area contributed by atoms with E-state index < -0.39 is 17.9 Å². The topological polar surface area (TPSA) is 110 Å². The normalized spacial score (nSPS) is 28.8. The fourth-order valence-electron chi connectivity index (χ4n) is 3.47. The van der Waals surface area contributed by atoms with Crippen molar-refractivity contribution in [3.63, 3.8) is 0 Å². The number of hydrogen-bond donors (Lipinski definition) is 2. The molecule has 2 fully saturated rings. The fourth-order valence-corrected chi connectivity index (χ4v) is 3.47. The summed E-state index contributed by atoms with van der Waals surface area (Å²) in [7, 11) is 0. The van der Waals surface area contributed by atoms with Crippen LogP contribution < -0.4 is 0 Å². The van der Waals surface area contributed by atoms with Crippen LogP contribution in [0.25, 0.3) is 0 Å². The summed E-state index contributed by atoms with van der Waals surface area (Å²) >= 11 is 0. The summed E-state index contributed by atoms with van der Waals surface area (Å²) in [4.78, 5) is 33.7. The van der Waals surface area contributed by atoms with Gasteiger partial charge in [0.1, 0.15) is 18.0 Å². The van der Waals surface area contributed by atoms with Crippen molar-refractivity contribution in [1.29, 1.82) is 0 Å². The molecule has 4 atom stereocenters. The largest absolute Gasteiger partial charge is 0.509 e. The van der Waals surface area contributed by atoms with Crippen LogP contribution in [0, 0.1) is 11.8 Å². The van der Waals surface area contributed by atoms with E-state index in [-0.39, 0.29) is 29.8 Å². The average Bonchev–Trinajstić information content (AvgIpc) is 3.07. The van der Waals surface area contributed by atoms with Crippen molar-refractivity contribution in [2.24, 2.45) is 11.8 Å². The van der Waals surface area contributed by atoms with Crippen LogP contribution in [0.1, 0.15) is 25.7 Å². The first-order valence-corrected chi connectivity index (χ1v) is 7.75. The molecule has 2 rings (SSSR count). The van der Waals surface area contributed by atoms with Crippen molar-refractivity contribution < 1.29 is 34.1 Å². The van der Waals surface area contributed by atoms with Crippen LogP contribution >= 0.6 is 0 Å². The Balaban J connectivity index is 1.87. The summed E-state index contributed by atoms with van der Waals surface area (Å²) < 4.78 is 10.7. The molecule has 24 heavy (non-hydrogen) atoms. The summed E-state index contributed by atoms with van der Waals surface area (Å²) in [6, 6.07) is 0. The summed E-state index contributed by atoms with van der Waals surface area (Å²) in [6.45, 7) is 3.25. The number of aliphatic hydroxyl groups is 1. The smallest absolute Gasteiger partial charge is 0.331 e. The molecule has 7 nitrogen and oxygen atoms in total. The maximum Gasteiger partial charge on any atom is 0.331 e. The molecular weight excluding hydrogens is 316 g/mol. The van der Waals surface area contributed by atoms with Gasteiger partial charge in [0.15, 0.2) is 0 Å². The lowest BCUT2D eigenvalue weighted by molar-refractivity contribution is -0.147. The van der Waals surface area contributed by atoms with Crippen molar-refractivity contribution in [3.8, 4) is 0 Å². The quantitative estimate of drug-likeness (QED) is 0.330. The average molecular weight is 336 g/mol. The second-order valence-corrected chi connectivity index (χ2v) is 5.93. The number of rotatable bonds is 6. The summed E-state index contributed by atoms with van der Waals surface area (Å²) in [5.41, 5.74) is 0. The van der Waals surface area contributed by atoms with E-state index in [2.05, 4.69) is 6.58 Å². The van der Waals surface area contributed by atoms with Crippen LogP contribution in [0.3, 0.4) is 0 Å². The highest BCUT2D eigenvalue weighted by atomic mass is 16.6. The fraction of sp³-hybridized carbons (Fsp3) is 0.471. The maximum atomic E-state index is 11.7. The van der Waals surface area contributed by atoms with E-state index in [1.807, 2.05) is 0 Å². The molecule has 0 saturated heterocycles. The molecule has 0 amide bonds. The molecule has 2 aliphatic rings. The van der Waals surface area contributed by atoms with Crippen molar-refractivity contribution >= 4 is 17.9 Å². The van der Waals surface area contributed by atoms with E-state index in [1.54, 1.807) is 0 Å². The van der Waals surface area contributed by atoms with E-state index in [0.29, 0.717) is 12.8 Å². The number of carbonyl (C=O) groups excluding carboxylic acids is 2. The maximum absolute atomic E-state index is 11.7. The van der Waals surface area contributed by atoms with Gasteiger partial charge in [-0.05, 0) is 31.8 Å². The zero-order valence-corrected chi connectivity index (χ0v) is 13.1. The van der Waals surface area contributed by atoms with E-state index >= 15 is 0 Å². The number of hydrogen-bond acceptors (Lipinski definition) is 6. The predicted octanol–water partition coefficient (Wildman–Crippen LogP) is 1.90. The summed E-state index contributed by atoms with van der Waals surface area (Å²) in [5, 5.41) is 17.4. The second-order valence-electron chi connectivity index (χ2n) is 5.93. The number of aliphatic hydroxyl groups excluding tert-OH is 1. The molecule has 0 heterocycles. The van der Waals surface area contributed by atoms with Gasteiger partial charge in [0.2, 0.25) is 0 Å². The third kappa shape index (κ3) is 4.71. The predicted molar refractivity (Wildman–Crippen MR) is 82.9 cm³/mol. The molecule has 0 bridgehead atoms. The van der Waals surface area contributed by atoms with Crippen LogP contribution in [0.4, 0.5) is 0 Å². The van der Waals surface area contributed by atoms with E-state index in [4.69, 9.17) is 19.7 Å². The van der Waals surface area contributed by atoms with E-state index in [0.717, 1.165) is 31.1 Å². The van der Waals surface area contributed by atoms with Gasteiger partial charge < -0.3 is 19.7 Å². The molecule has 0 radical (unpaired) electrons. The van der Waals surface area contributed by atoms with Crippen molar-refractivity contribution in [3.05, 3.63) is 36.6 Å². The molecule has 2 N–H and O–H groups in total. The summed E-state index contributed by atoms with van der Waals surface area (Å²) in [6.07, 6.45) is 6.33. The monoisotopic (exact) mass is 336 g/mol. The number of ether oxygens (including phenoxy) is 2. The molecule has 0 aliphatic heterocycles. The van der Waals surface area contributed by atoms with Crippen molar-refractivity contribution in [1.82, 2.24) is 0 Å². The molecule has 0 aromatic carbocycles. The molecule has 0 aromatic rings. The van der Waals surface area contributed by atoms with Crippen LogP contribution in [-0.2, 0) is 23.9 Å². The Labute approximate surface area is 139 Å². The first-order chi connectivity index (χ1) is 11.4. The minimum Gasteiger partial charge on any atom is -0.509 e. The van der Waals surface area contributed by atoms with Gasteiger partial charge in [0.05, 0.1) is 0 Å². The van der Waals surface area contributed by atoms with Gasteiger partial charge in [-0.2, -0.15) is 0 Å². The van der Waals surface area contributed by atoms with Gasteiger partial charge >= 0.3 is 17.9 Å². The van der Waals surface area contributed by atoms with Crippen LogP contribution in [0.2, 0.25) is 0 Å². The Bertz CT molecular complexity index is 538. The minimum absolute atomic E-state index is 0.113. The third-order valence-corrected chi connectivity index (χ3v) is 4.38. The molecule has 7 heteroatoms. The number of esters is 2. The van der Waals surface area contributed by atoms with Crippen LogP contribution in [0.5, 0.6) is 0 Å². The third-order valence-electron chi connectivity index (χ3n) is 4.38. The lowest BCUT2D eigenvalue weighted by Crippen LogP contribution is -2.25. The number of aliphatic carboxylic acids is 1. The zero-order valence-electron chi connectivity index (χ0n) is 13.1. The molecule has 130 valence electrons. The van der Waals surface area contributed by atoms with Crippen molar-refractivity contribution in [2.75, 3.05) is 0 Å². The number of carbonyl (C=O) groups is 3. The van der Waals surface area contributed by atoms with Crippen LogP contribution in [0.15, 0.2) is 36.6 Å². The van der Waals surface area contributed by atoms with Gasteiger partial charge in [0, 0.05) is 30.1 Å². The Morgan fingerprint density at radius 1 is 0.792 bits per heavy atom. The molecule has 2 aliphatic carbocycles. The Hall–Kier alpha value is -2.57. The minimum atomic E-state index is -1.21. The first kappa shape index (κ1) is 17.8. The number of allylic oxidation sites excluding steroid dienone is 1. The standard InChI is InChI=1S/C17H20O7/c1-10(18)2-8-16(21)23-13-5-3-12-11(13)4-6-14(12)24-17(22)9-7-15(19)20/h2,7-9,11-14,18H,1,3-6H2,(H,19,20)/b8-2-,9-7-/t11-,12-,13-,14+/m0/s1. The number of carboxylic acids is 1. The SMILES string of the molecule is C=C(O)/C=C\C(=O)O[C@H]1CC[C@H]2[C@@H]1CC[C@H]2OC(=O)/C=C\C(=O)O. The first-order valence-electron chi connectivity index (χ1n) is 7.75. The van der Waals surface area contributed by atoms with Gasteiger partial charge in [-0.1, -0.05) is 6.58 Å². The summed E-state index contributed by atoms with van der Waals surface area (Å²) in [5.74, 6) is -2.41. The van der Waals surface area contributed by atoms with E-state index in [9.17, 15) is 14.4 Å². The molecule has 0 spiro atoms. The van der Waals surface area contributed by atoms with Gasteiger partial charge in [-0.3, -0.25) is 0 Å². The highest BCUT2D eigenvalue weighted by molar-refractivity contribution is 5.90. The number of carboxylic acid groups (broad SMARTS) is 1. The van der Waals surface area contributed by atoms with Gasteiger partial charge in [-0.15, -0.1) is 0 Å². The number of fused-ring (bicyclic) bond motifs is 1. The highest BCUT2D eigenvalue weighted by Gasteiger charge is 2.47. The highest BCUT2D eigenvalue weighted by Crippen LogP contribution is 2.46. The van der Waals surface area contributed by atoms with Crippen LogP contribution in [-0.4, -0.2) is 40.3 Å². The molecule has 2 saturated carbocycles. The van der Waals surface area contributed by atoms with Gasteiger partial charge in [-0.25, -0.2) is 14.4 Å². The lowest BCUT2D eigenvalue weighted by Gasteiger charge is -2.20. The Morgan fingerprint density at radius 2 is 1.25 bits per heavy atom. The van der Waals surface area contributed by atoms with Gasteiger partial charge in [0.25, 0.3) is 0 Å². The van der Waals surface area contributed by atoms with Crippen molar-refractivity contribution in [2.45, 2.75) is 37.9 Å². The lowest BCUT2D eigenvalue weighted by atomic mass is 9.98. The Kier molecular flexibility index (Phi) is 5.78. The molecular formula is C17H20O7. The second kappa shape index (κ2) is 7.81. The zero-order chi connectivity index (χ0) is 17.7. The Morgan fingerprint density at radius 3 is 1.67 bits per heavy atom. The molecule has 0 unspecified atom stereocenters. The van der Waals surface area contributed by atoms with E-state index in [1.165, 1.54) is 6.08 Å².